The van der Waals surface area contributed by atoms with Gasteiger partial charge in [0, 0.05) is 0 Å². The van der Waals surface area contributed by atoms with Crippen LogP contribution < -0.4 is 20.7 Å². The Hall–Kier alpha value is -2.12. The van der Waals surface area contributed by atoms with Crippen molar-refractivity contribution in [3.8, 4) is 17.6 Å². The minimum atomic E-state index is -3.93. The van der Waals surface area contributed by atoms with Gasteiger partial charge in [-0.3, -0.25) is 10.0 Å². The molecule has 0 fully saturated rings. The third-order valence-electron chi connectivity index (χ3n) is 3.04. The lowest BCUT2D eigenvalue weighted by Crippen LogP contribution is -2.45. The van der Waals surface area contributed by atoms with E-state index in [-0.39, 0.29) is 17.9 Å². The highest BCUT2D eigenvalue weighted by molar-refractivity contribution is 7.89. The summed E-state index contributed by atoms with van der Waals surface area (Å²) in [5, 5.41) is 8.72. The lowest BCUT2D eigenvalue weighted by Gasteiger charge is -2.16. The van der Waals surface area contributed by atoms with Gasteiger partial charge in [0.1, 0.15) is 18.4 Å². The zero-order chi connectivity index (χ0) is 18.0. The van der Waals surface area contributed by atoms with Gasteiger partial charge in [-0.05, 0) is 50.6 Å². The average molecular weight is 355 g/mol. The normalized spacial score (nSPS) is 12.0. The maximum absolute atomic E-state index is 12.3. The van der Waals surface area contributed by atoms with Gasteiger partial charge < -0.3 is 10.5 Å². The Labute approximate surface area is 141 Å². The number of nitrogens with two attached hydrogens (primary N) is 1. The molecule has 0 saturated heterocycles. The van der Waals surface area contributed by atoms with E-state index in [0.29, 0.717) is 18.7 Å². The van der Waals surface area contributed by atoms with Crippen LogP contribution in [0.2, 0.25) is 0 Å². The summed E-state index contributed by atoms with van der Waals surface area (Å²) in [5.41, 5.74) is 6.81. The largest absolute Gasteiger partial charge is 0.481 e. The molecule has 0 spiro atoms. The highest BCUT2D eigenvalue weighted by Crippen LogP contribution is 2.16. The number of ether oxygens (including phenoxy) is 1. The number of sulfonamides is 1. The van der Waals surface area contributed by atoms with Crippen LogP contribution >= 0.6 is 0 Å². The summed E-state index contributed by atoms with van der Waals surface area (Å²) in [6, 6.07) is 4.58. The third-order valence-corrected chi connectivity index (χ3v) is 4.53. The first kappa shape index (κ1) is 19.9. The van der Waals surface area contributed by atoms with E-state index in [0.717, 1.165) is 0 Å². The second kappa shape index (κ2) is 9.89. The van der Waals surface area contributed by atoms with Crippen LogP contribution in [0.1, 0.15) is 19.8 Å². The van der Waals surface area contributed by atoms with E-state index >= 15 is 0 Å². The molecule has 0 radical (unpaired) electrons. The summed E-state index contributed by atoms with van der Waals surface area (Å²) in [4.78, 5) is 11.5. The van der Waals surface area contributed by atoms with Crippen molar-refractivity contribution in [1.82, 2.24) is 10.2 Å². The topological polar surface area (TPSA) is 131 Å². The van der Waals surface area contributed by atoms with E-state index in [1.807, 2.05) is 0 Å². The molecule has 0 saturated carbocycles. The van der Waals surface area contributed by atoms with E-state index < -0.39 is 22.0 Å². The van der Waals surface area contributed by atoms with E-state index in [1.54, 1.807) is 6.92 Å². The van der Waals surface area contributed by atoms with Gasteiger partial charge >= 0.3 is 0 Å². The lowest BCUT2D eigenvalue weighted by atomic mass is 10.1. The van der Waals surface area contributed by atoms with Gasteiger partial charge in [0.25, 0.3) is 5.91 Å². The fraction of sp³-hybridized carbons (Fsp3) is 0.400. The van der Waals surface area contributed by atoms with Crippen LogP contribution in [0, 0.1) is 11.8 Å². The predicted octanol–water partition coefficient (Wildman–Crippen LogP) is -0.0201. The fourth-order valence-corrected chi connectivity index (χ4v) is 3.04. The molecule has 1 amide bonds. The summed E-state index contributed by atoms with van der Waals surface area (Å²) >= 11 is 0. The molecule has 1 aromatic rings. The van der Waals surface area contributed by atoms with Crippen molar-refractivity contribution < 1.29 is 23.2 Å². The van der Waals surface area contributed by atoms with E-state index in [1.165, 1.54) is 29.7 Å². The Kier molecular flexibility index (Phi) is 8.21. The molecule has 0 aliphatic heterocycles. The molecule has 1 rings (SSSR count). The molecule has 1 atom stereocenters. The average Bonchev–Trinajstić information content (AvgIpc) is 2.58. The quantitative estimate of drug-likeness (QED) is 0.280. The van der Waals surface area contributed by atoms with Crippen molar-refractivity contribution in [2.45, 2.75) is 30.7 Å². The monoisotopic (exact) mass is 355 g/mol. The molecule has 1 aromatic carbocycles. The van der Waals surface area contributed by atoms with Crippen LogP contribution in [0.3, 0.4) is 0 Å². The van der Waals surface area contributed by atoms with Crippen molar-refractivity contribution in [2.24, 2.45) is 5.73 Å². The van der Waals surface area contributed by atoms with Crippen molar-refractivity contribution in [2.75, 3.05) is 13.2 Å². The number of carbonyl (C=O) groups is 1. The third kappa shape index (κ3) is 6.17. The van der Waals surface area contributed by atoms with Gasteiger partial charge in [-0.2, -0.15) is 4.72 Å². The Balaban J connectivity index is 2.84. The molecule has 0 heterocycles. The number of carbonyl (C=O) groups excluding carboxylic acids is 1. The molecule has 0 aromatic heterocycles. The molecule has 0 aliphatic carbocycles. The van der Waals surface area contributed by atoms with Crippen molar-refractivity contribution in [3.63, 3.8) is 0 Å². The minimum Gasteiger partial charge on any atom is -0.481 e. The second-order valence-corrected chi connectivity index (χ2v) is 6.48. The number of amides is 1. The van der Waals surface area contributed by atoms with Gasteiger partial charge in [-0.25, -0.2) is 13.9 Å². The first-order chi connectivity index (χ1) is 11.4. The predicted molar refractivity (Wildman–Crippen MR) is 87.7 cm³/mol. The SMILES string of the molecule is CC#CCOc1ccc(S(=O)(=O)N[C@H](CCCN)C(=O)NO)cc1. The van der Waals surface area contributed by atoms with Crippen LogP contribution in [0.5, 0.6) is 5.75 Å². The number of nitrogens with one attached hydrogen (secondary N) is 2. The summed E-state index contributed by atoms with van der Waals surface area (Å²) in [6.07, 6.45) is 0.588. The maximum atomic E-state index is 12.3. The number of hydrogen-bond acceptors (Lipinski definition) is 6. The van der Waals surface area contributed by atoms with Crippen molar-refractivity contribution in [1.29, 1.82) is 0 Å². The first-order valence-electron chi connectivity index (χ1n) is 7.23. The number of hydroxylamine groups is 1. The van der Waals surface area contributed by atoms with Crippen LogP contribution in [-0.2, 0) is 14.8 Å². The number of benzene rings is 1. The van der Waals surface area contributed by atoms with E-state index in [9.17, 15) is 13.2 Å². The number of hydrogen-bond donors (Lipinski definition) is 4. The Morgan fingerprint density at radius 1 is 1.38 bits per heavy atom. The van der Waals surface area contributed by atoms with E-state index in [2.05, 4.69) is 16.6 Å². The molecular weight excluding hydrogens is 334 g/mol. The summed E-state index contributed by atoms with van der Waals surface area (Å²) < 4.78 is 32.2. The Morgan fingerprint density at radius 2 is 2.04 bits per heavy atom. The van der Waals surface area contributed by atoms with Gasteiger partial charge in [0.2, 0.25) is 10.0 Å². The Morgan fingerprint density at radius 3 is 2.58 bits per heavy atom. The summed E-state index contributed by atoms with van der Waals surface area (Å²) in [7, 11) is -3.93. The zero-order valence-corrected chi connectivity index (χ0v) is 14.1. The summed E-state index contributed by atoms with van der Waals surface area (Å²) in [5.74, 6) is 5.04. The Bertz CT molecular complexity index is 692. The zero-order valence-electron chi connectivity index (χ0n) is 13.3. The molecule has 0 unspecified atom stereocenters. The molecule has 8 nitrogen and oxygen atoms in total. The maximum Gasteiger partial charge on any atom is 0.261 e. The van der Waals surface area contributed by atoms with Crippen LogP contribution in [0.25, 0.3) is 0 Å². The van der Waals surface area contributed by atoms with Crippen molar-refractivity contribution >= 4 is 15.9 Å². The molecule has 0 aliphatic rings. The molecule has 9 heteroatoms. The standard InChI is InChI=1S/C15H21N3O5S/c1-2-3-11-23-12-6-8-13(9-7-12)24(21,22)18-14(5-4-10-16)15(19)17-20/h6-9,14,18,20H,4-5,10-11,16H2,1H3,(H,17,19)/t14-/m1/s1. The van der Waals surface area contributed by atoms with Gasteiger partial charge in [0.15, 0.2) is 0 Å². The van der Waals surface area contributed by atoms with Crippen LogP contribution in [0.4, 0.5) is 0 Å². The molecule has 0 bridgehead atoms. The smallest absolute Gasteiger partial charge is 0.261 e. The van der Waals surface area contributed by atoms with Gasteiger partial charge in [0.05, 0.1) is 4.90 Å². The molecular formula is C15H21N3O5S. The minimum absolute atomic E-state index is 0.0279. The molecule has 5 N–H and O–H groups in total. The summed E-state index contributed by atoms with van der Waals surface area (Å²) in [6.45, 7) is 2.19. The van der Waals surface area contributed by atoms with E-state index in [4.69, 9.17) is 15.7 Å². The second-order valence-electron chi connectivity index (χ2n) is 4.77. The number of rotatable bonds is 9. The highest BCUT2D eigenvalue weighted by Gasteiger charge is 2.25. The highest BCUT2D eigenvalue weighted by atomic mass is 32.2. The van der Waals surface area contributed by atoms with Gasteiger partial charge in [-0.15, -0.1) is 5.92 Å². The molecule has 132 valence electrons. The first-order valence-corrected chi connectivity index (χ1v) is 8.71. The van der Waals surface area contributed by atoms with Gasteiger partial charge in [-0.1, -0.05) is 5.92 Å². The lowest BCUT2D eigenvalue weighted by molar-refractivity contribution is -0.131. The molecule has 24 heavy (non-hydrogen) atoms. The fourth-order valence-electron chi connectivity index (χ4n) is 1.81. The van der Waals surface area contributed by atoms with Crippen molar-refractivity contribution in [3.05, 3.63) is 24.3 Å². The van der Waals surface area contributed by atoms with Crippen LogP contribution in [-0.4, -0.2) is 38.7 Å². The van der Waals surface area contributed by atoms with Crippen LogP contribution in [0.15, 0.2) is 29.2 Å².